The van der Waals surface area contributed by atoms with Crippen LogP contribution in [0.15, 0.2) is 95.3 Å². The summed E-state index contributed by atoms with van der Waals surface area (Å²) in [4.78, 5) is 18.8. The van der Waals surface area contributed by atoms with Gasteiger partial charge < -0.3 is 15.4 Å². The second kappa shape index (κ2) is 13.5. The Morgan fingerprint density at radius 2 is 1.64 bits per heavy atom. The fraction of sp³-hybridized carbons (Fsp3) is 0.237. The van der Waals surface area contributed by atoms with Gasteiger partial charge in [-0.25, -0.2) is 9.07 Å². The van der Waals surface area contributed by atoms with E-state index in [4.69, 9.17) is 14.8 Å². The molecule has 0 spiro atoms. The molecule has 1 unspecified atom stereocenters. The minimum atomic E-state index is -0.567. The molecular weight excluding hydrogens is 610 g/mol. The summed E-state index contributed by atoms with van der Waals surface area (Å²) >= 11 is 1.34. The fourth-order valence-electron chi connectivity index (χ4n) is 5.71. The number of hydrogen-bond donors (Lipinski definition) is 2. The molecule has 1 aromatic heterocycles. The summed E-state index contributed by atoms with van der Waals surface area (Å²) in [6.07, 6.45) is 0. The van der Waals surface area contributed by atoms with Crippen LogP contribution < -0.4 is 15.4 Å². The van der Waals surface area contributed by atoms with Crippen molar-refractivity contribution in [2.45, 2.75) is 65.1 Å². The average molecular weight is 648 g/mol. The predicted molar refractivity (Wildman–Crippen MR) is 186 cm³/mol. The molecule has 1 atom stereocenters. The Bertz CT molecular complexity index is 2000. The summed E-state index contributed by atoms with van der Waals surface area (Å²) in [5.41, 5.74) is 10.3. The van der Waals surface area contributed by atoms with Crippen LogP contribution in [0, 0.1) is 40.4 Å². The zero-order valence-electron chi connectivity index (χ0n) is 27.4. The van der Waals surface area contributed by atoms with Crippen LogP contribution in [0.2, 0.25) is 0 Å². The Kier molecular flexibility index (Phi) is 9.18. The number of fused-ring (bicyclic) bond motifs is 1. The maximum absolute atomic E-state index is 14.3. The van der Waals surface area contributed by atoms with Crippen molar-refractivity contribution in [3.05, 3.63) is 140 Å². The monoisotopic (exact) mass is 647 g/mol. The summed E-state index contributed by atoms with van der Waals surface area (Å²) < 4.78 is 22.3. The van der Waals surface area contributed by atoms with Gasteiger partial charge in [-0.1, -0.05) is 66.4 Å². The number of nitrogens with one attached hydrogen (secondary N) is 2. The number of benzene rings is 4. The molecule has 4 aromatic carbocycles. The van der Waals surface area contributed by atoms with Crippen LogP contribution in [0.25, 0.3) is 0 Å². The minimum absolute atomic E-state index is 0.235. The summed E-state index contributed by atoms with van der Waals surface area (Å²) in [6, 6.07) is 24.1. The van der Waals surface area contributed by atoms with Crippen molar-refractivity contribution in [3.63, 3.8) is 0 Å². The lowest BCUT2D eigenvalue weighted by atomic mass is 9.94. The molecule has 1 aliphatic heterocycles. The summed E-state index contributed by atoms with van der Waals surface area (Å²) in [5.74, 6) is 1.11. The third-order valence-corrected chi connectivity index (χ3v) is 9.67. The third-order valence-electron chi connectivity index (χ3n) is 8.79. The van der Waals surface area contributed by atoms with E-state index in [1.807, 2.05) is 69.3 Å². The van der Waals surface area contributed by atoms with E-state index >= 15 is 0 Å². The molecule has 0 saturated carbocycles. The van der Waals surface area contributed by atoms with Crippen LogP contribution in [-0.2, 0) is 17.2 Å². The molecule has 2 heterocycles. The standard InChI is InChI=1S/C38H38FN5O2S/c1-22-10-9-13-33(26(22)5)41-36(45)34-27(6)40-37-42-38(47-21-29-11-7-8-12-32(29)39)43-44(37)35(34)28-14-16-31(17-15-28)46-20-30-19-24(3)23(2)18-25(30)4/h7-19,35H,20-21H2,1-6H3,(H,41,45)(H,40,42,43). The van der Waals surface area contributed by atoms with E-state index in [2.05, 4.69) is 43.5 Å². The van der Waals surface area contributed by atoms with Crippen molar-refractivity contribution in [3.8, 4) is 5.75 Å². The van der Waals surface area contributed by atoms with E-state index in [0.717, 1.165) is 33.7 Å². The highest BCUT2D eigenvalue weighted by Gasteiger charge is 2.34. The average Bonchev–Trinajstić information content (AvgIpc) is 3.46. The molecule has 5 aromatic rings. The van der Waals surface area contributed by atoms with Crippen LogP contribution in [0.5, 0.6) is 5.75 Å². The topological polar surface area (TPSA) is 81.1 Å². The third kappa shape index (κ3) is 6.81. The van der Waals surface area contributed by atoms with E-state index in [9.17, 15) is 9.18 Å². The van der Waals surface area contributed by atoms with Crippen LogP contribution in [0.3, 0.4) is 0 Å². The van der Waals surface area contributed by atoms with Gasteiger partial charge in [0, 0.05) is 17.1 Å². The molecule has 0 fully saturated rings. The quantitative estimate of drug-likeness (QED) is 0.156. The number of allylic oxidation sites excluding steroid dienone is 1. The molecular formula is C38H38FN5O2S. The van der Waals surface area contributed by atoms with Gasteiger partial charge in [-0.2, -0.15) is 4.98 Å². The molecule has 47 heavy (non-hydrogen) atoms. The smallest absolute Gasteiger partial charge is 0.255 e. The van der Waals surface area contributed by atoms with Gasteiger partial charge in [0.15, 0.2) is 0 Å². The number of anilines is 2. The molecule has 2 N–H and O–H groups in total. The molecule has 1 aliphatic rings. The zero-order valence-corrected chi connectivity index (χ0v) is 28.3. The van der Waals surface area contributed by atoms with Crippen molar-refractivity contribution in [2.24, 2.45) is 0 Å². The van der Waals surface area contributed by atoms with Crippen molar-refractivity contribution in [2.75, 3.05) is 10.6 Å². The van der Waals surface area contributed by atoms with Gasteiger partial charge in [0.05, 0.1) is 5.57 Å². The van der Waals surface area contributed by atoms with Gasteiger partial charge in [-0.3, -0.25) is 4.79 Å². The lowest BCUT2D eigenvalue weighted by Gasteiger charge is -2.29. The number of rotatable bonds is 9. The second-order valence-corrected chi connectivity index (χ2v) is 13.0. The first-order chi connectivity index (χ1) is 22.6. The molecule has 1 amide bonds. The largest absolute Gasteiger partial charge is 0.489 e. The van der Waals surface area contributed by atoms with E-state index in [-0.39, 0.29) is 11.7 Å². The molecule has 7 nitrogen and oxygen atoms in total. The highest BCUT2D eigenvalue weighted by molar-refractivity contribution is 7.98. The Hall–Kier alpha value is -4.89. The number of aromatic nitrogens is 3. The highest BCUT2D eigenvalue weighted by atomic mass is 32.2. The van der Waals surface area contributed by atoms with Gasteiger partial charge in [-0.15, -0.1) is 5.10 Å². The van der Waals surface area contributed by atoms with Crippen LogP contribution in [0.4, 0.5) is 16.0 Å². The molecule has 0 aliphatic carbocycles. The molecule has 9 heteroatoms. The van der Waals surface area contributed by atoms with E-state index < -0.39 is 6.04 Å². The number of hydrogen-bond acceptors (Lipinski definition) is 6. The summed E-state index contributed by atoms with van der Waals surface area (Å²) in [5, 5.41) is 11.7. The molecule has 0 bridgehead atoms. The number of thioether (sulfide) groups is 1. The summed E-state index contributed by atoms with van der Waals surface area (Å²) in [6.45, 7) is 12.7. The summed E-state index contributed by atoms with van der Waals surface area (Å²) in [7, 11) is 0. The highest BCUT2D eigenvalue weighted by Crippen LogP contribution is 2.38. The Morgan fingerprint density at radius 1 is 0.894 bits per heavy atom. The maximum Gasteiger partial charge on any atom is 0.255 e. The van der Waals surface area contributed by atoms with Crippen molar-refractivity contribution < 1.29 is 13.9 Å². The Balaban J connectivity index is 1.31. The van der Waals surface area contributed by atoms with Crippen LogP contribution in [0.1, 0.15) is 57.5 Å². The number of ether oxygens (including phenoxy) is 1. The Labute approximate surface area is 279 Å². The molecule has 0 saturated heterocycles. The number of nitrogens with zero attached hydrogens (tertiary/aromatic N) is 3. The van der Waals surface area contributed by atoms with Crippen LogP contribution in [-0.4, -0.2) is 20.7 Å². The van der Waals surface area contributed by atoms with E-state index in [1.54, 1.807) is 16.8 Å². The minimum Gasteiger partial charge on any atom is -0.489 e. The number of halogens is 1. The lowest BCUT2D eigenvalue weighted by Crippen LogP contribution is -2.31. The van der Waals surface area contributed by atoms with E-state index in [0.29, 0.717) is 40.3 Å². The normalized spacial score (nSPS) is 14.1. The first-order valence-electron chi connectivity index (χ1n) is 15.6. The SMILES string of the molecule is CC1=C(C(=O)Nc2cccc(C)c2C)C(c2ccc(OCc3cc(C)c(C)cc3C)cc2)n2nc(SCc3ccccc3F)nc2N1. The second-order valence-electron chi connectivity index (χ2n) is 12.0. The van der Waals surface area contributed by atoms with Gasteiger partial charge >= 0.3 is 0 Å². The van der Waals surface area contributed by atoms with E-state index in [1.165, 1.54) is 34.5 Å². The molecule has 6 rings (SSSR count). The lowest BCUT2D eigenvalue weighted by molar-refractivity contribution is -0.113. The predicted octanol–water partition coefficient (Wildman–Crippen LogP) is 8.76. The Morgan fingerprint density at radius 3 is 2.40 bits per heavy atom. The number of carbonyl (C=O) groups is 1. The maximum atomic E-state index is 14.3. The van der Waals surface area contributed by atoms with Gasteiger partial charge in [0.2, 0.25) is 11.1 Å². The number of carbonyl (C=O) groups excluding carboxylic acids is 1. The van der Waals surface area contributed by atoms with Gasteiger partial charge in [0.25, 0.3) is 5.91 Å². The molecule has 0 radical (unpaired) electrons. The van der Waals surface area contributed by atoms with Crippen LogP contribution >= 0.6 is 11.8 Å². The first-order valence-corrected chi connectivity index (χ1v) is 16.5. The number of aryl methyl sites for hydroxylation is 4. The number of amides is 1. The van der Waals surface area contributed by atoms with Crippen molar-refractivity contribution >= 4 is 29.3 Å². The fourth-order valence-corrected chi connectivity index (χ4v) is 6.53. The zero-order chi connectivity index (χ0) is 33.2. The van der Waals surface area contributed by atoms with Crippen molar-refractivity contribution in [1.29, 1.82) is 0 Å². The first kappa shape index (κ1) is 32.1. The molecule has 240 valence electrons. The van der Waals surface area contributed by atoms with Gasteiger partial charge in [-0.05, 0) is 110 Å². The van der Waals surface area contributed by atoms with Gasteiger partial charge in [0.1, 0.15) is 24.2 Å². The van der Waals surface area contributed by atoms with Crippen molar-refractivity contribution in [1.82, 2.24) is 14.8 Å².